The van der Waals surface area contributed by atoms with E-state index in [1.165, 1.54) is 4.90 Å². The zero-order chi connectivity index (χ0) is 15.6. The number of fused-ring (bicyclic) bond motifs is 4. The Morgan fingerprint density at radius 2 is 2.05 bits per heavy atom. The molecule has 3 aliphatic heterocycles. The fraction of sp³-hybridized carbons (Fsp3) is 0.538. The molecule has 0 radical (unpaired) electrons. The van der Waals surface area contributed by atoms with Crippen LogP contribution in [-0.4, -0.2) is 69.5 Å². The van der Waals surface area contributed by atoms with Crippen LogP contribution >= 0.6 is 0 Å². The number of aryl methyl sites for hydroxylation is 1. The molecule has 0 saturated carbocycles. The third-order valence-corrected chi connectivity index (χ3v) is 4.64. The highest BCUT2D eigenvalue weighted by atomic mass is 16.6. The van der Waals surface area contributed by atoms with Crippen LogP contribution in [0.2, 0.25) is 0 Å². The number of rotatable bonds is 1. The number of urea groups is 1. The highest BCUT2D eigenvalue weighted by Gasteiger charge is 2.51. The first-order valence-corrected chi connectivity index (χ1v) is 7.02. The SMILES string of the molecule is CN1C(=O)CON=C1[C@@H]1c2c(cnn2C)[C@@H]2CN1C(=O)N2C. The van der Waals surface area contributed by atoms with Gasteiger partial charge >= 0.3 is 6.03 Å². The summed E-state index contributed by atoms with van der Waals surface area (Å²) in [5.41, 5.74) is 1.86. The standard InChI is InChI=1S/C13H16N6O3/c1-16-8-5-19(13(16)21)11(10-7(8)4-14-18(10)3)12-15-22-6-9(20)17(12)2/h4,8,11H,5-6H2,1-3H3/t8-,11-/m0/s1. The van der Waals surface area contributed by atoms with Crippen LogP contribution in [0.15, 0.2) is 11.4 Å². The average Bonchev–Trinajstić information content (AvgIpc) is 2.99. The molecule has 2 bridgehead atoms. The normalized spacial score (nSPS) is 27.0. The predicted molar refractivity (Wildman–Crippen MR) is 74.7 cm³/mol. The van der Waals surface area contributed by atoms with Gasteiger partial charge in [0.05, 0.1) is 17.9 Å². The van der Waals surface area contributed by atoms with E-state index in [0.717, 1.165) is 11.3 Å². The number of amidine groups is 1. The number of hydrogen-bond donors (Lipinski definition) is 0. The first-order valence-electron chi connectivity index (χ1n) is 7.02. The van der Waals surface area contributed by atoms with Crippen molar-refractivity contribution in [2.75, 3.05) is 27.2 Å². The maximum absolute atomic E-state index is 12.5. The minimum Gasteiger partial charge on any atom is -0.384 e. The monoisotopic (exact) mass is 304 g/mol. The maximum atomic E-state index is 12.5. The van der Waals surface area contributed by atoms with E-state index < -0.39 is 6.04 Å². The Labute approximate surface area is 126 Å². The van der Waals surface area contributed by atoms with Crippen molar-refractivity contribution in [1.82, 2.24) is 24.5 Å². The highest BCUT2D eigenvalue weighted by molar-refractivity contribution is 6.04. The molecule has 0 aliphatic carbocycles. The fourth-order valence-electron chi connectivity index (χ4n) is 3.38. The van der Waals surface area contributed by atoms with Crippen LogP contribution in [-0.2, 0) is 16.7 Å². The van der Waals surface area contributed by atoms with Gasteiger partial charge in [-0.25, -0.2) is 4.79 Å². The molecule has 1 aromatic rings. The molecule has 4 heterocycles. The first kappa shape index (κ1) is 13.1. The number of amides is 3. The molecule has 1 aromatic heterocycles. The molecule has 116 valence electrons. The molecule has 1 fully saturated rings. The molecule has 9 nitrogen and oxygen atoms in total. The molecule has 9 heteroatoms. The largest absolute Gasteiger partial charge is 0.384 e. The summed E-state index contributed by atoms with van der Waals surface area (Å²) in [5, 5.41) is 8.37. The van der Waals surface area contributed by atoms with Gasteiger partial charge in [0, 0.05) is 33.3 Å². The summed E-state index contributed by atoms with van der Waals surface area (Å²) in [5.74, 6) is 0.235. The molecule has 0 N–H and O–H groups in total. The van der Waals surface area contributed by atoms with E-state index >= 15 is 0 Å². The lowest BCUT2D eigenvalue weighted by molar-refractivity contribution is -0.133. The van der Waals surface area contributed by atoms with Crippen molar-refractivity contribution in [1.29, 1.82) is 0 Å². The van der Waals surface area contributed by atoms with Gasteiger partial charge in [-0.15, -0.1) is 0 Å². The van der Waals surface area contributed by atoms with Gasteiger partial charge in [0.25, 0.3) is 5.91 Å². The lowest BCUT2D eigenvalue weighted by atomic mass is 9.96. The number of carbonyl (C=O) groups is 2. The summed E-state index contributed by atoms with van der Waals surface area (Å²) in [6.07, 6.45) is 1.78. The Hall–Kier alpha value is -2.58. The lowest BCUT2D eigenvalue weighted by Gasteiger charge is -2.35. The molecule has 1 saturated heterocycles. The number of nitrogens with zero attached hydrogens (tertiary/aromatic N) is 6. The molecule has 0 unspecified atom stereocenters. The Balaban J connectivity index is 1.88. The minimum absolute atomic E-state index is 0.0152. The third-order valence-electron chi connectivity index (χ3n) is 4.64. The van der Waals surface area contributed by atoms with Crippen LogP contribution in [0, 0.1) is 0 Å². The average molecular weight is 304 g/mol. The predicted octanol–water partition coefficient (Wildman–Crippen LogP) is -0.315. The van der Waals surface area contributed by atoms with Crippen LogP contribution in [0.25, 0.3) is 0 Å². The van der Waals surface area contributed by atoms with E-state index in [-0.39, 0.29) is 24.6 Å². The lowest BCUT2D eigenvalue weighted by Crippen LogP contribution is -2.49. The van der Waals surface area contributed by atoms with Gasteiger partial charge in [-0.2, -0.15) is 5.10 Å². The number of likely N-dealkylation sites (N-methyl/N-ethyl adjacent to an activating group) is 2. The second kappa shape index (κ2) is 4.21. The van der Waals surface area contributed by atoms with Crippen molar-refractivity contribution in [3.63, 3.8) is 0 Å². The molecule has 0 aromatic carbocycles. The minimum atomic E-state index is -0.467. The molecule has 22 heavy (non-hydrogen) atoms. The van der Waals surface area contributed by atoms with Gasteiger partial charge < -0.3 is 14.6 Å². The Morgan fingerprint density at radius 1 is 1.27 bits per heavy atom. The number of oxime groups is 1. The van der Waals surface area contributed by atoms with Gasteiger partial charge in [-0.1, -0.05) is 5.16 Å². The summed E-state index contributed by atoms with van der Waals surface area (Å²) in [6, 6.07) is -0.565. The van der Waals surface area contributed by atoms with E-state index in [0.29, 0.717) is 12.4 Å². The molecular weight excluding hydrogens is 288 g/mol. The van der Waals surface area contributed by atoms with Crippen molar-refractivity contribution >= 4 is 17.8 Å². The quantitative estimate of drug-likeness (QED) is 0.712. The van der Waals surface area contributed by atoms with Crippen LogP contribution in [0.1, 0.15) is 23.3 Å². The van der Waals surface area contributed by atoms with Crippen molar-refractivity contribution < 1.29 is 14.4 Å². The van der Waals surface area contributed by atoms with Gasteiger partial charge in [0.1, 0.15) is 6.04 Å². The zero-order valence-corrected chi connectivity index (χ0v) is 12.6. The van der Waals surface area contributed by atoms with Crippen LogP contribution in [0.4, 0.5) is 4.79 Å². The van der Waals surface area contributed by atoms with Crippen molar-refractivity contribution in [2.45, 2.75) is 12.1 Å². The number of carbonyl (C=O) groups excluding carboxylic acids is 2. The summed E-state index contributed by atoms with van der Waals surface area (Å²) in [7, 11) is 5.25. The molecule has 0 spiro atoms. The molecule has 2 atom stereocenters. The van der Waals surface area contributed by atoms with Crippen LogP contribution < -0.4 is 0 Å². The second-order valence-corrected chi connectivity index (χ2v) is 5.75. The second-order valence-electron chi connectivity index (χ2n) is 5.75. The highest BCUT2D eigenvalue weighted by Crippen LogP contribution is 2.43. The molecule has 3 amide bonds. The summed E-state index contributed by atoms with van der Waals surface area (Å²) >= 11 is 0. The van der Waals surface area contributed by atoms with Crippen molar-refractivity contribution in [3.05, 3.63) is 17.5 Å². The van der Waals surface area contributed by atoms with E-state index in [2.05, 4.69) is 10.3 Å². The van der Waals surface area contributed by atoms with Crippen LogP contribution in [0.5, 0.6) is 0 Å². The van der Waals surface area contributed by atoms with Crippen molar-refractivity contribution in [3.8, 4) is 0 Å². The van der Waals surface area contributed by atoms with Crippen molar-refractivity contribution in [2.24, 2.45) is 12.2 Å². The van der Waals surface area contributed by atoms with E-state index in [9.17, 15) is 9.59 Å². The molecular formula is C13H16N6O3. The third kappa shape index (κ3) is 1.48. The first-order chi connectivity index (χ1) is 10.5. The molecule has 4 rings (SSSR count). The van der Waals surface area contributed by atoms with Gasteiger partial charge in [-0.3, -0.25) is 14.4 Å². The van der Waals surface area contributed by atoms with E-state index in [4.69, 9.17) is 4.84 Å². The fourth-order valence-corrected chi connectivity index (χ4v) is 3.38. The molecule has 3 aliphatic rings. The zero-order valence-electron chi connectivity index (χ0n) is 12.6. The topological polar surface area (TPSA) is 83.3 Å². The van der Waals surface area contributed by atoms with Gasteiger partial charge in [-0.05, 0) is 0 Å². The number of aromatic nitrogens is 2. The van der Waals surface area contributed by atoms with Gasteiger partial charge in [0.15, 0.2) is 12.4 Å². The van der Waals surface area contributed by atoms with Crippen LogP contribution in [0.3, 0.4) is 0 Å². The Bertz CT molecular complexity index is 711. The Morgan fingerprint density at radius 3 is 2.82 bits per heavy atom. The summed E-state index contributed by atoms with van der Waals surface area (Å²) in [6.45, 7) is 0.473. The van der Waals surface area contributed by atoms with E-state index in [1.807, 2.05) is 7.05 Å². The summed E-state index contributed by atoms with van der Waals surface area (Å²) < 4.78 is 1.74. The number of hydrogen-bond acceptors (Lipinski definition) is 5. The summed E-state index contributed by atoms with van der Waals surface area (Å²) in [4.78, 5) is 34.4. The Kier molecular flexibility index (Phi) is 2.51. The maximum Gasteiger partial charge on any atom is 0.321 e. The van der Waals surface area contributed by atoms with E-state index in [1.54, 1.807) is 34.8 Å². The van der Waals surface area contributed by atoms with Gasteiger partial charge in [0.2, 0.25) is 0 Å². The smallest absolute Gasteiger partial charge is 0.321 e.